The zero-order chi connectivity index (χ0) is 10.6. The van der Waals surface area contributed by atoms with Crippen LogP contribution in [0.25, 0.3) is 22.1 Å². The summed E-state index contributed by atoms with van der Waals surface area (Å²) in [5.41, 5.74) is 1.67. The minimum Gasteiger partial charge on any atom is -0.457 e. The summed E-state index contributed by atoms with van der Waals surface area (Å²) in [6.07, 6.45) is 0. The van der Waals surface area contributed by atoms with Crippen LogP contribution in [0.1, 0.15) is 11.5 Å². The summed E-state index contributed by atoms with van der Waals surface area (Å²) in [6.45, 7) is 3.64. The van der Waals surface area contributed by atoms with Crippen molar-refractivity contribution >= 4 is 22.1 Å². The van der Waals surface area contributed by atoms with Gasteiger partial charge in [-0.3, -0.25) is 4.79 Å². The Morgan fingerprint density at radius 1 is 1.07 bits per heavy atom. The summed E-state index contributed by atoms with van der Waals surface area (Å²) in [4.78, 5) is 14.4. The maximum absolute atomic E-state index is 11.7. The van der Waals surface area contributed by atoms with Crippen LogP contribution in [-0.2, 0) is 0 Å². The van der Waals surface area contributed by atoms with Gasteiger partial charge in [-0.25, -0.2) is 0 Å². The second-order valence-corrected chi connectivity index (χ2v) is 3.65. The Balaban J connectivity index is 2.67. The van der Waals surface area contributed by atoms with Gasteiger partial charge in [0.05, 0.1) is 10.9 Å². The van der Waals surface area contributed by atoms with Crippen LogP contribution in [0.15, 0.2) is 25.8 Å². The first-order valence-electron chi connectivity index (χ1n) is 4.68. The number of hydrogen-bond donors (Lipinski definition) is 1. The van der Waals surface area contributed by atoms with Crippen molar-refractivity contribution in [3.05, 3.63) is 34.0 Å². The summed E-state index contributed by atoms with van der Waals surface area (Å²) in [6, 6.07) is 3.50. The van der Waals surface area contributed by atoms with Crippen LogP contribution in [0.3, 0.4) is 0 Å². The van der Waals surface area contributed by atoms with Gasteiger partial charge in [-0.15, -0.1) is 0 Å². The lowest BCUT2D eigenvalue weighted by atomic mass is 10.3. The molecule has 76 valence electrons. The van der Waals surface area contributed by atoms with Crippen LogP contribution in [0, 0.1) is 13.8 Å². The second kappa shape index (κ2) is 2.53. The van der Waals surface area contributed by atoms with E-state index in [-0.39, 0.29) is 5.56 Å². The number of hydrogen-bond acceptors (Lipinski definition) is 3. The van der Waals surface area contributed by atoms with Crippen LogP contribution in [0.4, 0.5) is 0 Å². The molecule has 0 aliphatic rings. The van der Waals surface area contributed by atoms with E-state index in [1.54, 1.807) is 19.1 Å². The molecule has 0 aliphatic carbocycles. The molecular weight excluding hydrogens is 194 g/mol. The fourth-order valence-electron chi connectivity index (χ4n) is 1.82. The lowest BCUT2D eigenvalue weighted by Crippen LogP contribution is -2.03. The van der Waals surface area contributed by atoms with Crippen molar-refractivity contribution in [2.45, 2.75) is 13.8 Å². The molecule has 0 atom stereocenters. The van der Waals surface area contributed by atoms with Crippen molar-refractivity contribution in [3.8, 4) is 0 Å². The summed E-state index contributed by atoms with van der Waals surface area (Å²) in [5.74, 6) is 1.46. The molecule has 3 heterocycles. The smallest absolute Gasteiger partial charge is 0.259 e. The number of rotatable bonds is 0. The monoisotopic (exact) mass is 203 g/mol. The Bertz CT molecular complexity index is 714. The third kappa shape index (κ3) is 1.05. The Labute approximate surface area is 84.5 Å². The Hall–Kier alpha value is -1.97. The molecule has 0 radical (unpaired) electrons. The fourth-order valence-corrected chi connectivity index (χ4v) is 1.82. The number of fused-ring (bicyclic) bond motifs is 3. The van der Waals surface area contributed by atoms with Gasteiger partial charge in [-0.2, -0.15) is 0 Å². The van der Waals surface area contributed by atoms with E-state index in [2.05, 4.69) is 4.98 Å². The SMILES string of the molecule is Cc1cc2[nH]c(=O)c3cc(C)oc3c2o1. The highest BCUT2D eigenvalue weighted by atomic mass is 16.4. The van der Waals surface area contributed by atoms with Crippen LogP contribution in [0.5, 0.6) is 0 Å². The molecule has 1 N–H and O–H groups in total. The van der Waals surface area contributed by atoms with Crippen molar-refractivity contribution in [2.75, 3.05) is 0 Å². The minimum absolute atomic E-state index is 0.143. The standard InChI is InChI=1S/C11H9NO3/c1-5-3-7-9(14-5)10-8(12-11(7)13)4-6(2)15-10/h3-4H,1-2H3,(H,12,13). The number of furan rings is 2. The van der Waals surface area contributed by atoms with E-state index in [4.69, 9.17) is 8.83 Å². The molecule has 3 rings (SSSR count). The number of aromatic amines is 1. The molecule has 0 amide bonds. The lowest BCUT2D eigenvalue weighted by Gasteiger charge is -1.89. The average Bonchev–Trinajstić information content (AvgIpc) is 2.68. The predicted molar refractivity (Wildman–Crippen MR) is 56.1 cm³/mol. The second-order valence-electron chi connectivity index (χ2n) is 3.65. The maximum Gasteiger partial charge on any atom is 0.259 e. The van der Waals surface area contributed by atoms with Crippen LogP contribution >= 0.6 is 0 Å². The zero-order valence-corrected chi connectivity index (χ0v) is 8.38. The van der Waals surface area contributed by atoms with Gasteiger partial charge in [0.1, 0.15) is 11.5 Å². The van der Waals surface area contributed by atoms with Crippen molar-refractivity contribution in [1.82, 2.24) is 4.98 Å². The van der Waals surface area contributed by atoms with Crippen LogP contribution in [-0.4, -0.2) is 4.98 Å². The highest BCUT2D eigenvalue weighted by Crippen LogP contribution is 2.26. The quantitative estimate of drug-likeness (QED) is 0.610. The van der Waals surface area contributed by atoms with E-state index in [1.807, 2.05) is 6.92 Å². The third-order valence-electron chi connectivity index (χ3n) is 2.41. The van der Waals surface area contributed by atoms with Crippen LogP contribution in [0.2, 0.25) is 0 Å². The molecule has 0 saturated carbocycles. The van der Waals surface area contributed by atoms with E-state index < -0.39 is 0 Å². The van der Waals surface area contributed by atoms with Crippen molar-refractivity contribution in [3.63, 3.8) is 0 Å². The number of pyridine rings is 1. The minimum atomic E-state index is -0.143. The van der Waals surface area contributed by atoms with E-state index in [1.165, 1.54) is 0 Å². The molecule has 0 aliphatic heterocycles. The Kier molecular flexibility index (Phi) is 1.41. The van der Waals surface area contributed by atoms with Gasteiger partial charge in [0.25, 0.3) is 5.56 Å². The molecular formula is C11H9NO3. The first kappa shape index (κ1) is 8.35. The van der Waals surface area contributed by atoms with Gasteiger partial charge in [0.15, 0.2) is 11.2 Å². The highest BCUT2D eigenvalue weighted by molar-refractivity contribution is 5.98. The Morgan fingerprint density at radius 3 is 2.53 bits per heavy atom. The van der Waals surface area contributed by atoms with Crippen molar-refractivity contribution in [2.24, 2.45) is 0 Å². The molecule has 3 aromatic rings. The van der Waals surface area contributed by atoms with Gasteiger partial charge in [-0.05, 0) is 19.9 Å². The summed E-state index contributed by atoms with van der Waals surface area (Å²) in [5, 5.41) is 0.536. The molecule has 0 spiro atoms. The lowest BCUT2D eigenvalue weighted by molar-refractivity contribution is 0.547. The molecule has 0 fully saturated rings. The van der Waals surface area contributed by atoms with E-state index in [0.717, 1.165) is 5.76 Å². The number of nitrogens with one attached hydrogen (secondary N) is 1. The first-order valence-corrected chi connectivity index (χ1v) is 4.68. The Morgan fingerprint density at radius 2 is 1.73 bits per heavy atom. The molecule has 0 unspecified atom stereocenters. The molecule has 4 nitrogen and oxygen atoms in total. The van der Waals surface area contributed by atoms with E-state index in [9.17, 15) is 4.79 Å². The number of aryl methyl sites for hydroxylation is 2. The van der Waals surface area contributed by atoms with Gasteiger partial charge >= 0.3 is 0 Å². The maximum atomic E-state index is 11.7. The van der Waals surface area contributed by atoms with Gasteiger partial charge in [-0.1, -0.05) is 0 Å². The van der Waals surface area contributed by atoms with Gasteiger partial charge in [0, 0.05) is 6.07 Å². The van der Waals surface area contributed by atoms with Gasteiger partial charge < -0.3 is 13.8 Å². The predicted octanol–water partition coefficient (Wildman–Crippen LogP) is 2.48. The summed E-state index contributed by atoms with van der Waals surface area (Å²) in [7, 11) is 0. The van der Waals surface area contributed by atoms with Crippen LogP contribution < -0.4 is 5.56 Å². The average molecular weight is 203 g/mol. The third-order valence-corrected chi connectivity index (χ3v) is 2.41. The topological polar surface area (TPSA) is 59.1 Å². The molecule has 15 heavy (non-hydrogen) atoms. The van der Waals surface area contributed by atoms with E-state index >= 15 is 0 Å². The van der Waals surface area contributed by atoms with Crippen molar-refractivity contribution < 1.29 is 8.83 Å². The van der Waals surface area contributed by atoms with E-state index in [0.29, 0.717) is 27.8 Å². The normalized spacial score (nSPS) is 11.6. The van der Waals surface area contributed by atoms with Crippen molar-refractivity contribution in [1.29, 1.82) is 0 Å². The molecule has 0 aromatic carbocycles. The van der Waals surface area contributed by atoms with Gasteiger partial charge in [0.2, 0.25) is 0 Å². The zero-order valence-electron chi connectivity index (χ0n) is 8.38. The molecule has 0 bridgehead atoms. The largest absolute Gasteiger partial charge is 0.457 e. The summed E-state index contributed by atoms with van der Waals surface area (Å²) < 4.78 is 10.9. The molecule has 4 heteroatoms. The molecule has 3 aromatic heterocycles. The highest BCUT2D eigenvalue weighted by Gasteiger charge is 2.13. The first-order chi connectivity index (χ1) is 7.15. The summed E-state index contributed by atoms with van der Waals surface area (Å²) >= 11 is 0. The number of aromatic nitrogens is 1. The fraction of sp³-hybridized carbons (Fsp3) is 0.182. The molecule has 0 saturated heterocycles. The number of H-pyrrole nitrogens is 1.